The van der Waals surface area contributed by atoms with Crippen LogP contribution >= 0.6 is 23.4 Å². The highest BCUT2D eigenvalue weighted by atomic mass is 35.5. The van der Waals surface area contributed by atoms with Gasteiger partial charge in [-0.05, 0) is 59.4 Å². The first kappa shape index (κ1) is 23.6. The molecule has 0 aliphatic rings. The molecule has 0 unspecified atom stereocenters. The van der Waals surface area contributed by atoms with Crippen LogP contribution in [0.25, 0.3) is 17.2 Å². The van der Waals surface area contributed by atoms with Crippen molar-refractivity contribution in [1.29, 1.82) is 0 Å². The Hall–Kier alpha value is -3.03. The number of halogens is 1. The van der Waals surface area contributed by atoms with Crippen molar-refractivity contribution in [3.05, 3.63) is 83.4 Å². The van der Waals surface area contributed by atoms with Crippen molar-refractivity contribution < 1.29 is 14.7 Å². The Bertz CT molecular complexity index is 1080. The number of hydrogen-bond acceptors (Lipinski definition) is 4. The molecule has 0 bridgehead atoms. The average Bonchev–Trinajstić information content (AvgIpc) is 3.30. The largest absolute Gasteiger partial charge is 0.480 e. The third-order valence-corrected chi connectivity index (χ3v) is 5.74. The predicted octanol–water partition coefficient (Wildman–Crippen LogP) is 4.85. The number of thioether (sulfide) groups is 1. The first-order valence-electron chi connectivity index (χ1n) is 10.0. The Labute approximate surface area is 196 Å². The van der Waals surface area contributed by atoms with Crippen molar-refractivity contribution >= 4 is 41.3 Å². The van der Waals surface area contributed by atoms with Crippen LogP contribution in [0, 0.1) is 0 Å². The molecule has 2 aromatic carbocycles. The van der Waals surface area contributed by atoms with Crippen LogP contribution in [0.1, 0.15) is 22.3 Å². The van der Waals surface area contributed by atoms with Gasteiger partial charge >= 0.3 is 5.97 Å². The number of carbonyl (C=O) groups is 2. The Morgan fingerprint density at radius 1 is 1.25 bits per heavy atom. The summed E-state index contributed by atoms with van der Waals surface area (Å²) in [6, 6.07) is 11.8. The zero-order valence-corrected chi connectivity index (χ0v) is 19.1. The first-order valence-corrected chi connectivity index (χ1v) is 11.8. The monoisotopic (exact) mass is 469 g/mol. The summed E-state index contributed by atoms with van der Waals surface area (Å²) >= 11 is 7.58. The molecule has 3 aromatic rings. The van der Waals surface area contributed by atoms with Gasteiger partial charge in [0, 0.05) is 29.5 Å². The van der Waals surface area contributed by atoms with Gasteiger partial charge in [-0.1, -0.05) is 42.0 Å². The van der Waals surface area contributed by atoms with Crippen LogP contribution in [0.3, 0.4) is 0 Å². The molecule has 0 fully saturated rings. The van der Waals surface area contributed by atoms with Gasteiger partial charge in [-0.3, -0.25) is 4.79 Å². The number of benzene rings is 2. The minimum absolute atomic E-state index is 0.355. The van der Waals surface area contributed by atoms with Crippen LogP contribution in [0.4, 0.5) is 0 Å². The average molecular weight is 470 g/mol. The fourth-order valence-corrected chi connectivity index (χ4v) is 3.76. The summed E-state index contributed by atoms with van der Waals surface area (Å²) < 4.78 is 1.94. The molecule has 1 atom stereocenters. The zero-order valence-electron chi connectivity index (χ0n) is 17.6. The van der Waals surface area contributed by atoms with Crippen LogP contribution in [0.15, 0.2) is 67.3 Å². The third-order valence-electron chi connectivity index (χ3n) is 4.84. The molecule has 2 N–H and O–H groups in total. The summed E-state index contributed by atoms with van der Waals surface area (Å²) in [6.45, 7) is 0.675. The number of hydrogen-bond donors (Lipinski definition) is 2. The lowest BCUT2D eigenvalue weighted by atomic mass is 9.96. The van der Waals surface area contributed by atoms with Crippen LogP contribution < -0.4 is 5.32 Å². The molecule has 0 aliphatic carbocycles. The highest BCUT2D eigenvalue weighted by Gasteiger charge is 2.22. The molecule has 1 amide bonds. The van der Waals surface area contributed by atoms with Gasteiger partial charge < -0.3 is 15.0 Å². The van der Waals surface area contributed by atoms with E-state index in [1.807, 2.05) is 53.4 Å². The molecular weight excluding hydrogens is 446 g/mol. The number of rotatable bonds is 10. The summed E-state index contributed by atoms with van der Waals surface area (Å²) in [6.07, 6.45) is 11.6. The van der Waals surface area contributed by atoms with Gasteiger partial charge in [0.25, 0.3) is 5.91 Å². The molecule has 0 spiro atoms. The highest BCUT2D eigenvalue weighted by Crippen LogP contribution is 2.27. The maximum atomic E-state index is 13.0. The smallest absolute Gasteiger partial charge is 0.326 e. The molecule has 0 aliphatic heterocycles. The van der Waals surface area contributed by atoms with Gasteiger partial charge in [0.1, 0.15) is 6.04 Å². The fourth-order valence-electron chi connectivity index (χ4n) is 3.17. The topological polar surface area (TPSA) is 84.2 Å². The molecule has 166 valence electrons. The van der Waals surface area contributed by atoms with Crippen LogP contribution in [-0.2, 0) is 11.3 Å². The minimum Gasteiger partial charge on any atom is -0.480 e. The van der Waals surface area contributed by atoms with E-state index < -0.39 is 17.9 Å². The number of carboxylic acid groups (broad SMARTS) is 1. The Morgan fingerprint density at radius 3 is 2.69 bits per heavy atom. The van der Waals surface area contributed by atoms with Crippen LogP contribution in [-0.4, -0.2) is 44.6 Å². The number of aliphatic carboxylic acids is 1. The third kappa shape index (κ3) is 6.48. The number of imidazole rings is 1. The lowest BCUT2D eigenvalue weighted by Crippen LogP contribution is -2.41. The van der Waals surface area contributed by atoms with Crippen LogP contribution in [0.2, 0.25) is 5.02 Å². The number of amides is 1. The van der Waals surface area contributed by atoms with E-state index in [1.165, 1.54) is 11.8 Å². The lowest BCUT2D eigenvalue weighted by Gasteiger charge is -2.16. The standard InChI is InChI=1S/C24H24ClN3O3S/c1-32-14-10-22(24(30)31)27-23(29)20-9-4-17(3-2-12-28-13-11-26-16-28)15-21(20)18-5-7-19(25)8-6-18/h2-9,11,13,15-16,22H,10,12,14H2,1H3,(H,27,29)(H,30,31)/t22-/m0/s1. The zero-order chi connectivity index (χ0) is 22.9. The highest BCUT2D eigenvalue weighted by molar-refractivity contribution is 7.98. The molecule has 8 heteroatoms. The van der Waals surface area contributed by atoms with E-state index >= 15 is 0 Å². The van der Waals surface area contributed by atoms with E-state index in [4.69, 9.17) is 11.6 Å². The molecule has 1 aromatic heterocycles. The van der Waals surface area contributed by atoms with Gasteiger partial charge in [0.15, 0.2) is 0 Å². The van der Waals surface area contributed by atoms with Crippen molar-refractivity contribution in [2.45, 2.75) is 19.0 Å². The summed E-state index contributed by atoms with van der Waals surface area (Å²) in [5.41, 5.74) is 2.86. The second-order valence-corrected chi connectivity index (χ2v) is 8.54. The summed E-state index contributed by atoms with van der Waals surface area (Å²) in [4.78, 5) is 28.6. The lowest BCUT2D eigenvalue weighted by molar-refractivity contribution is -0.139. The molecule has 1 heterocycles. The van der Waals surface area contributed by atoms with Gasteiger partial charge in [-0.25, -0.2) is 9.78 Å². The van der Waals surface area contributed by atoms with Crippen molar-refractivity contribution in [3.8, 4) is 11.1 Å². The molecule has 6 nitrogen and oxygen atoms in total. The predicted molar refractivity (Wildman–Crippen MR) is 130 cm³/mol. The quantitative estimate of drug-likeness (QED) is 0.443. The van der Waals surface area contributed by atoms with Crippen LogP contribution in [0.5, 0.6) is 0 Å². The molecule has 0 saturated heterocycles. The molecule has 3 rings (SSSR count). The molecule has 0 radical (unpaired) electrons. The number of carboxylic acids is 1. The Kier molecular flexibility index (Phi) is 8.53. The minimum atomic E-state index is -1.04. The Balaban J connectivity index is 1.89. The van der Waals surface area contributed by atoms with E-state index in [2.05, 4.69) is 10.3 Å². The van der Waals surface area contributed by atoms with Crippen molar-refractivity contribution in [2.24, 2.45) is 0 Å². The summed E-state index contributed by atoms with van der Waals surface area (Å²) in [5, 5.41) is 12.7. The summed E-state index contributed by atoms with van der Waals surface area (Å²) in [7, 11) is 0. The fraction of sp³-hybridized carbons (Fsp3) is 0.208. The second kappa shape index (κ2) is 11.5. The Morgan fingerprint density at radius 2 is 2.03 bits per heavy atom. The number of aromatic nitrogens is 2. The number of nitrogens with one attached hydrogen (secondary N) is 1. The van der Waals surface area contributed by atoms with Gasteiger partial charge in [-0.2, -0.15) is 11.8 Å². The summed E-state index contributed by atoms with van der Waals surface area (Å²) in [5.74, 6) is -0.820. The molecule has 32 heavy (non-hydrogen) atoms. The first-order chi connectivity index (χ1) is 15.5. The molecular formula is C24H24ClN3O3S. The van der Waals surface area contributed by atoms with Gasteiger partial charge in [-0.15, -0.1) is 0 Å². The van der Waals surface area contributed by atoms with Crippen molar-refractivity contribution in [2.75, 3.05) is 12.0 Å². The SMILES string of the molecule is CSCC[C@H](NC(=O)c1ccc(C=CCn2ccnc2)cc1-c1ccc(Cl)cc1)C(=O)O. The van der Waals surface area contributed by atoms with Gasteiger partial charge in [0.05, 0.1) is 6.33 Å². The van der Waals surface area contributed by atoms with E-state index in [9.17, 15) is 14.7 Å². The number of carbonyl (C=O) groups excluding carboxylic acids is 1. The number of allylic oxidation sites excluding steroid dienone is 1. The normalized spacial score (nSPS) is 12.1. The number of nitrogens with zero attached hydrogens (tertiary/aromatic N) is 2. The second-order valence-electron chi connectivity index (χ2n) is 7.12. The van der Waals surface area contributed by atoms with E-state index in [-0.39, 0.29) is 0 Å². The van der Waals surface area contributed by atoms with E-state index in [0.29, 0.717) is 34.9 Å². The van der Waals surface area contributed by atoms with E-state index in [1.54, 1.807) is 30.7 Å². The maximum Gasteiger partial charge on any atom is 0.326 e. The maximum absolute atomic E-state index is 13.0. The van der Waals surface area contributed by atoms with Gasteiger partial charge in [0.2, 0.25) is 0 Å². The van der Waals surface area contributed by atoms with Crippen molar-refractivity contribution in [1.82, 2.24) is 14.9 Å². The van der Waals surface area contributed by atoms with E-state index in [0.717, 1.165) is 11.1 Å². The molecule has 0 saturated carbocycles. The van der Waals surface area contributed by atoms with Crippen molar-refractivity contribution in [3.63, 3.8) is 0 Å².